The van der Waals surface area contributed by atoms with Crippen molar-refractivity contribution in [2.75, 3.05) is 23.7 Å². The molecule has 2 amide bonds. The Morgan fingerprint density at radius 3 is 2.31 bits per heavy atom. The van der Waals surface area contributed by atoms with E-state index >= 15 is 0 Å². The fraction of sp³-hybridized carbons (Fsp3) is 0.391. The minimum atomic E-state index is -4.02. The van der Waals surface area contributed by atoms with Crippen LogP contribution in [0.4, 0.5) is 10.1 Å². The SMILES string of the molecule is CCCCNC(=O)[C@@H](C)N(Cc1ccccc1F)C(=O)CN(c1cc(Cl)c(Cl)cc1Cl)S(C)(=O)=O. The predicted molar refractivity (Wildman–Crippen MR) is 138 cm³/mol. The molecule has 0 heterocycles. The van der Waals surface area contributed by atoms with E-state index in [1.54, 1.807) is 6.07 Å². The third kappa shape index (κ3) is 7.96. The first-order valence-electron chi connectivity index (χ1n) is 10.8. The lowest BCUT2D eigenvalue weighted by Crippen LogP contribution is -2.51. The zero-order chi connectivity index (χ0) is 26.3. The number of benzene rings is 2. The molecule has 0 bridgehead atoms. The van der Waals surface area contributed by atoms with Crippen LogP contribution < -0.4 is 9.62 Å². The third-order valence-electron chi connectivity index (χ3n) is 5.23. The molecular formula is C23H27Cl3FN3O4S. The molecule has 35 heavy (non-hydrogen) atoms. The molecule has 12 heteroatoms. The van der Waals surface area contributed by atoms with E-state index in [1.165, 1.54) is 37.3 Å². The molecule has 0 aliphatic rings. The molecular weight excluding hydrogens is 540 g/mol. The number of rotatable bonds is 11. The third-order valence-corrected chi connectivity index (χ3v) is 7.38. The van der Waals surface area contributed by atoms with Gasteiger partial charge in [-0.1, -0.05) is 66.3 Å². The molecule has 0 fully saturated rings. The van der Waals surface area contributed by atoms with Gasteiger partial charge in [-0.25, -0.2) is 12.8 Å². The van der Waals surface area contributed by atoms with E-state index in [0.29, 0.717) is 6.54 Å². The molecule has 7 nitrogen and oxygen atoms in total. The lowest BCUT2D eigenvalue weighted by Gasteiger charge is -2.31. The highest BCUT2D eigenvalue weighted by atomic mass is 35.5. The molecule has 2 rings (SSSR count). The van der Waals surface area contributed by atoms with Crippen molar-refractivity contribution in [3.63, 3.8) is 0 Å². The molecule has 0 aliphatic heterocycles. The molecule has 1 atom stereocenters. The second-order valence-corrected chi connectivity index (χ2v) is 11.0. The molecule has 192 valence electrons. The summed E-state index contributed by atoms with van der Waals surface area (Å²) in [7, 11) is -4.02. The van der Waals surface area contributed by atoms with Gasteiger partial charge in [0.15, 0.2) is 0 Å². The number of nitrogens with one attached hydrogen (secondary N) is 1. The number of unbranched alkanes of at least 4 members (excludes halogenated alkanes) is 1. The number of amides is 2. The average Bonchev–Trinajstić information content (AvgIpc) is 2.78. The number of anilines is 1. The molecule has 0 saturated carbocycles. The van der Waals surface area contributed by atoms with Gasteiger partial charge in [0.05, 0.1) is 27.0 Å². The first-order valence-corrected chi connectivity index (χ1v) is 13.8. The molecule has 0 saturated heterocycles. The number of sulfonamides is 1. The Labute approximate surface area is 220 Å². The fourth-order valence-electron chi connectivity index (χ4n) is 3.23. The quantitative estimate of drug-likeness (QED) is 0.310. The first-order chi connectivity index (χ1) is 16.4. The molecule has 2 aromatic carbocycles. The van der Waals surface area contributed by atoms with Gasteiger partial charge in [0.1, 0.15) is 18.4 Å². The van der Waals surface area contributed by atoms with Gasteiger partial charge < -0.3 is 10.2 Å². The van der Waals surface area contributed by atoms with Gasteiger partial charge in [0.25, 0.3) is 0 Å². The number of nitrogens with zero attached hydrogens (tertiary/aromatic N) is 2. The maximum Gasteiger partial charge on any atom is 0.244 e. The van der Waals surface area contributed by atoms with Crippen LogP contribution in [0.25, 0.3) is 0 Å². The van der Waals surface area contributed by atoms with Crippen LogP contribution in [0.5, 0.6) is 0 Å². The van der Waals surface area contributed by atoms with E-state index in [9.17, 15) is 22.4 Å². The van der Waals surface area contributed by atoms with E-state index < -0.39 is 40.2 Å². The highest BCUT2D eigenvalue weighted by Gasteiger charge is 2.31. The summed E-state index contributed by atoms with van der Waals surface area (Å²) in [5, 5.41) is 2.86. The van der Waals surface area contributed by atoms with Crippen LogP contribution in [0.15, 0.2) is 36.4 Å². The lowest BCUT2D eigenvalue weighted by molar-refractivity contribution is -0.139. The van der Waals surface area contributed by atoms with Crippen LogP contribution in [0.1, 0.15) is 32.3 Å². The Hall–Kier alpha value is -2.07. The summed E-state index contributed by atoms with van der Waals surface area (Å²) in [6.45, 7) is 2.93. The predicted octanol–water partition coefficient (Wildman–Crippen LogP) is 4.89. The van der Waals surface area contributed by atoms with Gasteiger partial charge in [-0.05, 0) is 31.5 Å². The summed E-state index contributed by atoms with van der Waals surface area (Å²) in [4.78, 5) is 27.3. The second-order valence-electron chi connectivity index (χ2n) is 7.92. The van der Waals surface area contributed by atoms with E-state index in [0.717, 1.165) is 28.3 Å². The van der Waals surface area contributed by atoms with Gasteiger partial charge in [-0.15, -0.1) is 0 Å². The number of hydrogen-bond donors (Lipinski definition) is 1. The van der Waals surface area contributed by atoms with Crippen molar-refractivity contribution in [2.24, 2.45) is 0 Å². The second kappa shape index (κ2) is 12.8. The summed E-state index contributed by atoms with van der Waals surface area (Å²) >= 11 is 18.2. The maximum absolute atomic E-state index is 14.4. The molecule has 0 unspecified atom stereocenters. The van der Waals surface area contributed by atoms with E-state index in [1.807, 2.05) is 6.92 Å². The van der Waals surface area contributed by atoms with E-state index in [4.69, 9.17) is 34.8 Å². The Bertz CT molecular complexity index is 1180. The van der Waals surface area contributed by atoms with Crippen LogP contribution in [-0.4, -0.2) is 50.5 Å². The smallest absolute Gasteiger partial charge is 0.244 e. The number of halogens is 4. The van der Waals surface area contributed by atoms with Crippen LogP contribution >= 0.6 is 34.8 Å². The van der Waals surface area contributed by atoms with Gasteiger partial charge in [0, 0.05) is 18.7 Å². The summed E-state index contributed by atoms with van der Waals surface area (Å²) < 4.78 is 40.4. The van der Waals surface area contributed by atoms with E-state index in [2.05, 4.69) is 5.32 Å². The zero-order valence-electron chi connectivity index (χ0n) is 19.5. The van der Waals surface area contributed by atoms with Crippen molar-refractivity contribution in [3.8, 4) is 0 Å². The Morgan fingerprint density at radius 1 is 1.09 bits per heavy atom. The fourth-order valence-corrected chi connectivity index (χ4v) is 4.77. The minimum Gasteiger partial charge on any atom is -0.354 e. The standard InChI is InChI=1S/C23H27Cl3FN3O4S/c1-4-5-10-28-23(32)15(2)29(13-16-8-6-7-9-20(16)27)22(31)14-30(35(3,33)34)21-12-18(25)17(24)11-19(21)26/h6-9,11-12,15H,4-5,10,13-14H2,1-3H3,(H,28,32)/t15-/m1/s1. The summed E-state index contributed by atoms with van der Waals surface area (Å²) in [6, 6.07) is 7.33. The first kappa shape index (κ1) is 29.2. The van der Waals surface area contributed by atoms with Crippen LogP contribution in [0.2, 0.25) is 15.1 Å². The topological polar surface area (TPSA) is 86.8 Å². The van der Waals surface area contributed by atoms with Crippen LogP contribution in [0.3, 0.4) is 0 Å². The van der Waals surface area contributed by atoms with Crippen molar-refractivity contribution >= 4 is 62.3 Å². The van der Waals surface area contributed by atoms with Crippen molar-refractivity contribution in [1.82, 2.24) is 10.2 Å². The minimum absolute atomic E-state index is 0.0383. The normalized spacial score (nSPS) is 12.2. The Balaban J connectivity index is 2.43. The van der Waals surface area contributed by atoms with Crippen molar-refractivity contribution in [1.29, 1.82) is 0 Å². The largest absolute Gasteiger partial charge is 0.354 e. The van der Waals surface area contributed by atoms with Gasteiger partial charge in [-0.3, -0.25) is 13.9 Å². The highest BCUT2D eigenvalue weighted by Crippen LogP contribution is 2.35. The van der Waals surface area contributed by atoms with Crippen molar-refractivity contribution < 1.29 is 22.4 Å². The van der Waals surface area contributed by atoms with Crippen LogP contribution in [-0.2, 0) is 26.2 Å². The zero-order valence-corrected chi connectivity index (χ0v) is 22.6. The van der Waals surface area contributed by atoms with Crippen molar-refractivity contribution in [3.05, 3.63) is 62.8 Å². The average molecular weight is 567 g/mol. The molecule has 0 aliphatic carbocycles. The van der Waals surface area contributed by atoms with Crippen molar-refractivity contribution in [2.45, 2.75) is 39.3 Å². The number of carbonyl (C=O) groups is 2. The van der Waals surface area contributed by atoms with Crippen LogP contribution in [0, 0.1) is 5.82 Å². The Kier molecular flexibility index (Phi) is 10.6. The summed E-state index contributed by atoms with van der Waals surface area (Å²) in [6.07, 6.45) is 2.51. The maximum atomic E-state index is 14.4. The lowest BCUT2D eigenvalue weighted by atomic mass is 10.1. The number of carbonyl (C=O) groups excluding carboxylic acids is 2. The number of hydrogen-bond acceptors (Lipinski definition) is 4. The summed E-state index contributed by atoms with van der Waals surface area (Å²) in [5.74, 6) is -1.74. The highest BCUT2D eigenvalue weighted by molar-refractivity contribution is 7.92. The Morgan fingerprint density at radius 2 is 1.71 bits per heavy atom. The molecule has 0 aromatic heterocycles. The molecule has 0 spiro atoms. The molecule has 1 N–H and O–H groups in total. The van der Waals surface area contributed by atoms with Gasteiger partial charge >= 0.3 is 0 Å². The molecule has 0 radical (unpaired) electrons. The molecule has 2 aromatic rings. The van der Waals surface area contributed by atoms with Gasteiger partial charge in [-0.2, -0.15) is 0 Å². The van der Waals surface area contributed by atoms with Gasteiger partial charge in [0.2, 0.25) is 21.8 Å². The summed E-state index contributed by atoms with van der Waals surface area (Å²) in [5.41, 5.74) is 0.121. The van der Waals surface area contributed by atoms with E-state index in [-0.39, 0.29) is 32.9 Å². The monoisotopic (exact) mass is 565 g/mol.